The largest absolute Gasteiger partial charge is 0.496 e. The molecular weight excluding hydrogens is 232 g/mol. The summed E-state index contributed by atoms with van der Waals surface area (Å²) in [7, 11) is 1.56. The monoisotopic (exact) mass is 244 g/mol. The maximum absolute atomic E-state index is 11.7. The van der Waals surface area contributed by atoms with Crippen LogP contribution in [0.5, 0.6) is 5.75 Å². The van der Waals surface area contributed by atoms with Gasteiger partial charge in [0.2, 0.25) is 0 Å². The lowest BCUT2D eigenvalue weighted by Crippen LogP contribution is -2.19. The summed E-state index contributed by atoms with van der Waals surface area (Å²) < 4.78 is 6.50. The Morgan fingerprint density at radius 2 is 2.22 bits per heavy atom. The predicted molar refractivity (Wildman–Crippen MR) is 66.3 cm³/mol. The third kappa shape index (κ3) is 1.94. The number of rotatable bonds is 3. The molecule has 0 saturated carbocycles. The van der Waals surface area contributed by atoms with Crippen LogP contribution in [0.25, 0.3) is 0 Å². The first-order valence-electron chi connectivity index (χ1n) is 5.27. The van der Waals surface area contributed by atoms with Crippen molar-refractivity contribution >= 4 is 5.82 Å². The predicted octanol–water partition coefficient (Wildman–Crippen LogP) is 0.687. The van der Waals surface area contributed by atoms with E-state index in [0.29, 0.717) is 5.75 Å². The van der Waals surface area contributed by atoms with Crippen LogP contribution in [0.3, 0.4) is 0 Å². The van der Waals surface area contributed by atoms with Gasteiger partial charge in [-0.05, 0) is 6.07 Å². The van der Waals surface area contributed by atoms with Crippen LogP contribution >= 0.6 is 0 Å². The molecule has 92 valence electrons. The summed E-state index contributed by atoms with van der Waals surface area (Å²) in [4.78, 5) is 14.1. The molecule has 2 aromatic rings. The molecule has 0 saturated heterocycles. The van der Waals surface area contributed by atoms with E-state index in [2.05, 4.69) is 4.98 Å². The average Bonchev–Trinajstić information content (AvgIpc) is 2.66. The standard InChI is InChI=1S/C12H12N4O2/c1-18-10-5-3-2-4-8(10)7-16-11(14)9(6-13)15-12(16)17/h2-5H,7,14H2,1H3,(H,15,17). The van der Waals surface area contributed by atoms with E-state index in [1.807, 2.05) is 24.3 Å². The van der Waals surface area contributed by atoms with Gasteiger partial charge in [0.15, 0.2) is 5.69 Å². The van der Waals surface area contributed by atoms with Crippen molar-refractivity contribution in [2.24, 2.45) is 0 Å². The van der Waals surface area contributed by atoms with Crippen molar-refractivity contribution in [2.75, 3.05) is 12.8 Å². The second-order valence-corrected chi connectivity index (χ2v) is 3.70. The highest BCUT2D eigenvalue weighted by molar-refractivity contribution is 5.45. The number of anilines is 1. The lowest BCUT2D eigenvalue weighted by Gasteiger charge is -2.09. The van der Waals surface area contributed by atoms with Gasteiger partial charge in [-0.2, -0.15) is 5.26 Å². The fourth-order valence-corrected chi connectivity index (χ4v) is 1.73. The van der Waals surface area contributed by atoms with Gasteiger partial charge in [0.25, 0.3) is 0 Å². The normalized spacial score (nSPS) is 10.0. The van der Waals surface area contributed by atoms with Crippen molar-refractivity contribution < 1.29 is 4.74 Å². The number of para-hydroxylation sites is 1. The van der Waals surface area contributed by atoms with Crippen LogP contribution in [0.4, 0.5) is 5.82 Å². The van der Waals surface area contributed by atoms with Crippen LogP contribution in [0.15, 0.2) is 29.1 Å². The highest BCUT2D eigenvalue weighted by atomic mass is 16.5. The first kappa shape index (κ1) is 11.8. The molecule has 1 aromatic heterocycles. The Labute approximate surface area is 103 Å². The molecule has 0 bridgehead atoms. The van der Waals surface area contributed by atoms with Crippen molar-refractivity contribution in [2.45, 2.75) is 6.54 Å². The van der Waals surface area contributed by atoms with E-state index in [-0.39, 0.29) is 18.1 Å². The summed E-state index contributed by atoms with van der Waals surface area (Å²) in [6.45, 7) is 0.257. The van der Waals surface area contributed by atoms with E-state index < -0.39 is 5.69 Å². The number of H-pyrrole nitrogens is 1. The van der Waals surface area contributed by atoms with Gasteiger partial charge in [-0.3, -0.25) is 9.55 Å². The number of hydrogen-bond donors (Lipinski definition) is 2. The summed E-state index contributed by atoms with van der Waals surface area (Å²) in [6.07, 6.45) is 0. The van der Waals surface area contributed by atoms with Gasteiger partial charge in [-0.1, -0.05) is 18.2 Å². The molecule has 1 aromatic carbocycles. The van der Waals surface area contributed by atoms with Crippen molar-refractivity contribution in [3.05, 3.63) is 46.0 Å². The van der Waals surface area contributed by atoms with E-state index in [0.717, 1.165) is 5.56 Å². The summed E-state index contributed by atoms with van der Waals surface area (Å²) >= 11 is 0. The summed E-state index contributed by atoms with van der Waals surface area (Å²) in [5.41, 5.74) is 6.21. The van der Waals surface area contributed by atoms with E-state index in [1.165, 1.54) is 4.57 Å². The molecule has 0 aliphatic carbocycles. The highest BCUT2D eigenvalue weighted by Crippen LogP contribution is 2.19. The second-order valence-electron chi connectivity index (χ2n) is 3.70. The molecule has 1 heterocycles. The van der Waals surface area contributed by atoms with Gasteiger partial charge in [0.05, 0.1) is 13.7 Å². The van der Waals surface area contributed by atoms with Gasteiger partial charge < -0.3 is 10.5 Å². The highest BCUT2D eigenvalue weighted by Gasteiger charge is 2.12. The van der Waals surface area contributed by atoms with Gasteiger partial charge in [0, 0.05) is 5.56 Å². The van der Waals surface area contributed by atoms with Gasteiger partial charge in [0.1, 0.15) is 17.6 Å². The molecule has 0 amide bonds. The Bertz CT molecular complexity index is 663. The maximum atomic E-state index is 11.7. The molecule has 0 atom stereocenters. The van der Waals surface area contributed by atoms with E-state index in [9.17, 15) is 4.79 Å². The lowest BCUT2D eigenvalue weighted by molar-refractivity contribution is 0.408. The number of imidazole rings is 1. The number of benzene rings is 1. The fourth-order valence-electron chi connectivity index (χ4n) is 1.73. The van der Waals surface area contributed by atoms with Gasteiger partial charge in [-0.15, -0.1) is 0 Å². The van der Waals surface area contributed by atoms with Crippen LogP contribution in [-0.4, -0.2) is 16.7 Å². The number of aromatic amines is 1. The Morgan fingerprint density at radius 1 is 1.50 bits per heavy atom. The topological polar surface area (TPSA) is 96.8 Å². The van der Waals surface area contributed by atoms with Crippen LogP contribution in [0, 0.1) is 11.3 Å². The lowest BCUT2D eigenvalue weighted by atomic mass is 10.2. The average molecular weight is 244 g/mol. The third-order valence-corrected chi connectivity index (χ3v) is 2.66. The fraction of sp³-hybridized carbons (Fsp3) is 0.167. The van der Waals surface area contributed by atoms with Crippen LogP contribution in [0.1, 0.15) is 11.3 Å². The maximum Gasteiger partial charge on any atom is 0.328 e. The van der Waals surface area contributed by atoms with E-state index in [4.69, 9.17) is 15.7 Å². The smallest absolute Gasteiger partial charge is 0.328 e. The van der Waals surface area contributed by atoms with Crippen LogP contribution in [0.2, 0.25) is 0 Å². The molecule has 0 fully saturated rings. The van der Waals surface area contributed by atoms with Crippen molar-refractivity contribution in [3.8, 4) is 11.8 Å². The van der Waals surface area contributed by atoms with Gasteiger partial charge in [-0.25, -0.2) is 4.79 Å². The number of nitrogens with zero attached hydrogens (tertiary/aromatic N) is 2. The number of nitriles is 1. The molecule has 0 unspecified atom stereocenters. The summed E-state index contributed by atoms with van der Waals surface area (Å²) in [6, 6.07) is 9.16. The minimum absolute atomic E-state index is 0.0786. The molecule has 2 rings (SSSR count). The first-order chi connectivity index (χ1) is 8.67. The molecule has 6 nitrogen and oxygen atoms in total. The number of nitrogen functional groups attached to an aromatic ring is 1. The Balaban J connectivity index is 2.44. The third-order valence-electron chi connectivity index (χ3n) is 2.66. The molecule has 0 radical (unpaired) electrons. The Kier molecular flexibility index (Phi) is 3.06. The molecule has 3 N–H and O–H groups in total. The summed E-state index contributed by atoms with van der Waals surface area (Å²) in [5.74, 6) is 0.803. The molecule has 0 aliphatic rings. The van der Waals surface area contributed by atoms with E-state index in [1.54, 1.807) is 13.2 Å². The van der Waals surface area contributed by atoms with E-state index >= 15 is 0 Å². The minimum Gasteiger partial charge on any atom is -0.496 e. The zero-order valence-electron chi connectivity index (χ0n) is 9.80. The van der Waals surface area contributed by atoms with Crippen molar-refractivity contribution in [1.82, 2.24) is 9.55 Å². The first-order valence-corrected chi connectivity index (χ1v) is 5.27. The van der Waals surface area contributed by atoms with Crippen molar-refractivity contribution in [1.29, 1.82) is 5.26 Å². The number of methoxy groups -OCH3 is 1. The SMILES string of the molecule is COc1ccccc1Cn1c(N)c(C#N)[nH]c1=O. The Morgan fingerprint density at radius 3 is 2.83 bits per heavy atom. The zero-order chi connectivity index (χ0) is 13.1. The molecule has 0 spiro atoms. The number of ether oxygens (including phenoxy) is 1. The number of aromatic nitrogens is 2. The number of nitrogens with two attached hydrogens (primary N) is 1. The van der Waals surface area contributed by atoms with Gasteiger partial charge >= 0.3 is 5.69 Å². The molecular formula is C12H12N4O2. The van der Waals surface area contributed by atoms with Crippen LogP contribution in [-0.2, 0) is 6.54 Å². The zero-order valence-corrected chi connectivity index (χ0v) is 9.80. The quantitative estimate of drug-likeness (QED) is 0.829. The number of nitrogens with one attached hydrogen (secondary N) is 1. The molecule has 0 aliphatic heterocycles. The molecule has 18 heavy (non-hydrogen) atoms. The Hall–Kier alpha value is -2.68. The van der Waals surface area contributed by atoms with Crippen LogP contribution < -0.4 is 16.2 Å². The molecule has 6 heteroatoms. The second kappa shape index (κ2) is 4.67. The number of hydrogen-bond acceptors (Lipinski definition) is 4. The minimum atomic E-state index is -0.407. The summed E-state index contributed by atoms with van der Waals surface area (Å²) in [5, 5.41) is 8.78. The van der Waals surface area contributed by atoms with Crippen molar-refractivity contribution in [3.63, 3.8) is 0 Å².